The van der Waals surface area contributed by atoms with Crippen molar-refractivity contribution in [2.45, 2.75) is 13.3 Å². The van der Waals surface area contributed by atoms with Gasteiger partial charge in [-0.05, 0) is 6.42 Å². The van der Waals surface area contributed by atoms with E-state index in [-0.39, 0.29) is 6.54 Å². The van der Waals surface area contributed by atoms with Crippen LogP contribution in [0.4, 0.5) is 4.79 Å². The summed E-state index contributed by atoms with van der Waals surface area (Å²) in [4.78, 5) is 59.1. The smallest absolute Gasteiger partial charge is 0.334 e. The van der Waals surface area contributed by atoms with Crippen molar-refractivity contribution >= 4 is 29.7 Å². The van der Waals surface area contributed by atoms with Crippen LogP contribution in [-0.2, 0) is 19.2 Å². The van der Waals surface area contributed by atoms with Crippen LogP contribution in [0.2, 0.25) is 0 Å². The Morgan fingerprint density at radius 3 is 2.20 bits per heavy atom. The highest BCUT2D eigenvalue weighted by Crippen LogP contribution is 2.10. The third-order valence-corrected chi connectivity index (χ3v) is 2.72. The summed E-state index contributed by atoms with van der Waals surface area (Å²) in [7, 11) is 1.13. The number of carbonyl (C=O) groups excluding carboxylic acids is 4. The molecule has 1 heterocycles. The van der Waals surface area contributed by atoms with Crippen molar-refractivity contribution in [3.8, 4) is 0 Å². The molecule has 1 N–H and O–H groups in total. The van der Waals surface area contributed by atoms with Crippen molar-refractivity contribution in [3.05, 3.63) is 0 Å². The van der Waals surface area contributed by atoms with E-state index in [1.165, 1.54) is 0 Å². The Balaban J connectivity index is 2.78. The van der Waals surface area contributed by atoms with Crippen LogP contribution in [0.3, 0.4) is 0 Å². The molecule has 1 aliphatic heterocycles. The second-order valence-electron chi connectivity index (χ2n) is 4.25. The maximum atomic E-state index is 11.9. The number of nitrogens with zero attached hydrogens (tertiary/aromatic N) is 3. The van der Waals surface area contributed by atoms with Crippen LogP contribution in [0, 0.1) is 0 Å². The SMILES string of the molecule is CCCN(CC(=O)O)C(=O)CN1C(=O)C(=O)N(C)C1=O. The van der Waals surface area contributed by atoms with Gasteiger partial charge >= 0.3 is 23.8 Å². The average Bonchev–Trinajstić information content (AvgIpc) is 2.55. The fourth-order valence-electron chi connectivity index (χ4n) is 1.71. The van der Waals surface area contributed by atoms with Crippen LogP contribution in [0.1, 0.15) is 13.3 Å². The van der Waals surface area contributed by atoms with Gasteiger partial charge in [-0.3, -0.25) is 24.1 Å². The number of aliphatic carboxylic acids is 1. The molecule has 0 aliphatic carbocycles. The zero-order chi connectivity index (χ0) is 15.4. The van der Waals surface area contributed by atoms with Crippen LogP contribution in [0.25, 0.3) is 0 Å². The summed E-state index contributed by atoms with van der Waals surface area (Å²) in [5.74, 6) is -3.99. The van der Waals surface area contributed by atoms with E-state index in [1.54, 1.807) is 6.92 Å². The van der Waals surface area contributed by atoms with Crippen LogP contribution in [0.5, 0.6) is 0 Å². The van der Waals surface area contributed by atoms with Crippen molar-refractivity contribution < 1.29 is 29.1 Å². The molecule has 0 aromatic rings. The summed E-state index contributed by atoms with van der Waals surface area (Å²) in [6.45, 7) is 0.782. The highest BCUT2D eigenvalue weighted by atomic mass is 16.4. The standard InChI is InChI=1S/C11H15N3O6/c1-3-4-13(6-8(16)17)7(15)5-14-10(19)9(18)12(2)11(14)20/h3-6H2,1-2H3,(H,16,17). The maximum Gasteiger partial charge on any atom is 0.334 e. The van der Waals surface area contributed by atoms with Gasteiger partial charge in [-0.2, -0.15) is 0 Å². The van der Waals surface area contributed by atoms with Crippen molar-refractivity contribution in [3.63, 3.8) is 0 Å². The molecule has 0 saturated carbocycles. The Kier molecular flexibility index (Phi) is 4.78. The summed E-state index contributed by atoms with van der Waals surface area (Å²) >= 11 is 0. The van der Waals surface area contributed by atoms with Crippen molar-refractivity contribution in [1.82, 2.24) is 14.7 Å². The fraction of sp³-hybridized carbons (Fsp3) is 0.545. The zero-order valence-corrected chi connectivity index (χ0v) is 11.2. The number of imide groups is 2. The minimum absolute atomic E-state index is 0.186. The van der Waals surface area contributed by atoms with Crippen molar-refractivity contribution in [2.75, 3.05) is 26.7 Å². The van der Waals surface area contributed by atoms with Gasteiger partial charge in [0.25, 0.3) is 0 Å². The number of carboxylic acid groups (broad SMARTS) is 1. The summed E-state index contributed by atoms with van der Waals surface area (Å²) in [5.41, 5.74) is 0. The van der Waals surface area contributed by atoms with E-state index in [9.17, 15) is 24.0 Å². The number of hydrogen-bond acceptors (Lipinski definition) is 5. The minimum Gasteiger partial charge on any atom is -0.480 e. The molecular formula is C11H15N3O6. The van der Waals surface area contributed by atoms with Gasteiger partial charge in [0.1, 0.15) is 13.1 Å². The minimum atomic E-state index is -1.20. The Labute approximate surface area is 114 Å². The van der Waals surface area contributed by atoms with Gasteiger partial charge in [-0.1, -0.05) is 6.92 Å². The van der Waals surface area contributed by atoms with E-state index in [4.69, 9.17) is 5.11 Å². The Morgan fingerprint density at radius 2 is 1.80 bits per heavy atom. The molecule has 1 fully saturated rings. The lowest BCUT2D eigenvalue weighted by Crippen LogP contribution is -2.45. The number of rotatable bonds is 6. The molecule has 0 spiro atoms. The first kappa shape index (κ1) is 15.6. The Morgan fingerprint density at radius 1 is 1.20 bits per heavy atom. The van der Waals surface area contributed by atoms with Gasteiger partial charge in [-0.15, -0.1) is 0 Å². The zero-order valence-electron chi connectivity index (χ0n) is 11.2. The third-order valence-electron chi connectivity index (χ3n) is 2.72. The first-order chi connectivity index (χ1) is 9.29. The average molecular weight is 285 g/mol. The van der Waals surface area contributed by atoms with Gasteiger partial charge in [0.05, 0.1) is 0 Å². The van der Waals surface area contributed by atoms with Gasteiger partial charge in [0, 0.05) is 13.6 Å². The molecule has 5 amide bonds. The highest BCUT2D eigenvalue weighted by molar-refractivity contribution is 6.44. The largest absolute Gasteiger partial charge is 0.480 e. The van der Waals surface area contributed by atoms with E-state index >= 15 is 0 Å². The number of likely N-dealkylation sites (N-methyl/N-ethyl adjacent to an activating group) is 1. The summed E-state index contributed by atoms with van der Waals surface area (Å²) < 4.78 is 0. The van der Waals surface area contributed by atoms with Gasteiger partial charge < -0.3 is 10.0 Å². The lowest BCUT2D eigenvalue weighted by Gasteiger charge is -2.22. The first-order valence-corrected chi connectivity index (χ1v) is 5.92. The van der Waals surface area contributed by atoms with E-state index in [0.717, 1.165) is 11.9 Å². The van der Waals surface area contributed by atoms with E-state index in [1.807, 2.05) is 0 Å². The molecule has 0 atom stereocenters. The number of carbonyl (C=O) groups is 5. The molecule has 0 radical (unpaired) electrons. The van der Waals surface area contributed by atoms with Crippen molar-refractivity contribution in [2.24, 2.45) is 0 Å². The fourth-order valence-corrected chi connectivity index (χ4v) is 1.71. The molecular weight excluding hydrogens is 270 g/mol. The molecule has 0 bridgehead atoms. The summed E-state index contributed by atoms with van der Waals surface area (Å²) in [6.07, 6.45) is 0.528. The molecule has 9 heteroatoms. The van der Waals surface area contributed by atoms with Crippen LogP contribution in [0.15, 0.2) is 0 Å². The van der Waals surface area contributed by atoms with Crippen LogP contribution >= 0.6 is 0 Å². The van der Waals surface area contributed by atoms with Crippen LogP contribution < -0.4 is 0 Å². The molecule has 20 heavy (non-hydrogen) atoms. The predicted molar refractivity (Wildman–Crippen MR) is 64.4 cm³/mol. The monoisotopic (exact) mass is 285 g/mol. The molecule has 9 nitrogen and oxygen atoms in total. The number of amides is 5. The summed E-state index contributed by atoms with van der Waals surface area (Å²) in [5, 5.41) is 8.70. The second kappa shape index (κ2) is 6.13. The molecule has 0 aromatic heterocycles. The lowest BCUT2D eigenvalue weighted by atomic mass is 10.3. The molecule has 1 saturated heterocycles. The highest BCUT2D eigenvalue weighted by Gasteiger charge is 2.43. The number of urea groups is 1. The van der Waals surface area contributed by atoms with Gasteiger partial charge in [0.2, 0.25) is 5.91 Å². The molecule has 110 valence electrons. The van der Waals surface area contributed by atoms with Crippen molar-refractivity contribution in [1.29, 1.82) is 0 Å². The molecule has 1 rings (SSSR count). The normalized spacial score (nSPS) is 15.0. The Bertz CT molecular complexity index is 475. The maximum absolute atomic E-state index is 11.9. The molecule has 0 aromatic carbocycles. The Hall–Kier alpha value is -2.45. The summed E-state index contributed by atoms with van der Waals surface area (Å²) in [6, 6.07) is -0.889. The quantitative estimate of drug-likeness (QED) is 0.480. The second-order valence-corrected chi connectivity index (χ2v) is 4.25. The number of hydrogen-bond donors (Lipinski definition) is 1. The van der Waals surface area contributed by atoms with E-state index < -0.39 is 42.8 Å². The van der Waals surface area contributed by atoms with E-state index in [0.29, 0.717) is 16.2 Å². The lowest BCUT2D eigenvalue weighted by molar-refractivity contribution is -0.147. The molecule has 0 unspecified atom stereocenters. The van der Waals surface area contributed by atoms with Gasteiger partial charge in [0.15, 0.2) is 0 Å². The topological polar surface area (TPSA) is 115 Å². The molecule has 1 aliphatic rings. The third kappa shape index (κ3) is 3.11. The first-order valence-electron chi connectivity index (χ1n) is 5.92. The number of carboxylic acids is 1. The van der Waals surface area contributed by atoms with Crippen LogP contribution in [-0.4, -0.2) is 76.2 Å². The van der Waals surface area contributed by atoms with E-state index in [2.05, 4.69) is 0 Å². The van der Waals surface area contributed by atoms with Gasteiger partial charge in [-0.25, -0.2) is 9.69 Å². The predicted octanol–water partition coefficient (Wildman–Crippen LogP) is -1.27.